The van der Waals surface area contributed by atoms with Crippen LogP contribution in [0.3, 0.4) is 0 Å². The van der Waals surface area contributed by atoms with Crippen LogP contribution in [0, 0.1) is 0 Å². The molecule has 0 spiro atoms. The van der Waals surface area contributed by atoms with Crippen molar-refractivity contribution in [1.82, 2.24) is 0 Å². The van der Waals surface area contributed by atoms with Crippen LogP contribution >= 0.6 is 11.6 Å². The van der Waals surface area contributed by atoms with Gasteiger partial charge in [0.1, 0.15) is 5.75 Å². The number of rotatable bonds is 2. The fourth-order valence-corrected chi connectivity index (χ4v) is 2.48. The fraction of sp³-hybridized carbons (Fsp3) is 0.357. The molecule has 7 heteroatoms. The number of carbonyl (C=O) groups is 1. The van der Waals surface area contributed by atoms with Crippen molar-refractivity contribution < 1.29 is 27.8 Å². The van der Waals surface area contributed by atoms with E-state index in [0.717, 1.165) is 6.08 Å². The van der Waals surface area contributed by atoms with Crippen molar-refractivity contribution >= 4 is 23.6 Å². The van der Waals surface area contributed by atoms with Gasteiger partial charge < -0.3 is 9.84 Å². The lowest BCUT2D eigenvalue weighted by Gasteiger charge is -2.28. The molecule has 0 aliphatic carbocycles. The molecule has 3 nitrogen and oxygen atoms in total. The van der Waals surface area contributed by atoms with Gasteiger partial charge in [0.25, 0.3) is 0 Å². The summed E-state index contributed by atoms with van der Waals surface area (Å²) >= 11 is 6.06. The SMILES string of the molecule is CC(C)c1cc2c(cc1Cl)C=C(C(=O)O)[C@H](C(F)(F)F)O2. The number of alkyl halides is 3. The Morgan fingerprint density at radius 2 is 2.00 bits per heavy atom. The van der Waals surface area contributed by atoms with Gasteiger partial charge in [-0.3, -0.25) is 0 Å². The van der Waals surface area contributed by atoms with Crippen molar-refractivity contribution in [3.8, 4) is 5.75 Å². The zero-order chi connectivity index (χ0) is 15.9. The molecule has 114 valence electrons. The largest absolute Gasteiger partial charge is 0.478 e. The summed E-state index contributed by atoms with van der Waals surface area (Å²) in [6.07, 6.45) is -6.34. The molecule has 1 aliphatic heterocycles. The first-order valence-electron chi connectivity index (χ1n) is 6.13. The first-order chi connectivity index (χ1) is 9.61. The van der Waals surface area contributed by atoms with Crippen LogP contribution in [0.4, 0.5) is 13.2 Å². The van der Waals surface area contributed by atoms with Gasteiger partial charge in [-0.15, -0.1) is 0 Å². The van der Waals surface area contributed by atoms with E-state index in [9.17, 15) is 18.0 Å². The summed E-state index contributed by atoms with van der Waals surface area (Å²) in [4.78, 5) is 11.0. The summed E-state index contributed by atoms with van der Waals surface area (Å²) < 4.78 is 43.7. The van der Waals surface area contributed by atoms with Crippen LogP contribution in [-0.4, -0.2) is 23.4 Å². The van der Waals surface area contributed by atoms with Gasteiger partial charge in [0.05, 0.1) is 5.57 Å². The van der Waals surface area contributed by atoms with Crippen molar-refractivity contribution in [2.24, 2.45) is 0 Å². The number of hydrogen-bond donors (Lipinski definition) is 1. The average Bonchev–Trinajstić information content (AvgIpc) is 2.34. The quantitative estimate of drug-likeness (QED) is 0.886. The molecule has 0 saturated heterocycles. The zero-order valence-electron chi connectivity index (χ0n) is 11.2. The number of carboxylic acid groups (broad SMARTS) is 1. The highest BCUT2D eigenvalue weighted by Crippen LogP contribution is 2.40. The van der Waals surface area contributed by atoms with Crippen molar-refractivity contribution in [2.75, 3.05) is 0 Å². The van der Waals surface area contributed by atoms with Gasteiger partial charge in [0.2, 0.25) is 6.10 Å². The third kappa shape index (κ3) is 3.00. The van der Waals surface area contributed by atoms with Crippen LogP contribution in [0.1, 0.15) is 30.9 Å². The maximum absolute atomic E-state index is 12.9. The highest BCUT2D eigenvalue weighted by atomic mass is 35.5. The van der Waals surface area contributed by atoms with Crippen molar-refractivity contribution in [1.29, 1.82) is 0 Å². The maximum atomic E-state index is 12.9. The van der Waals surface area contributed by atoms with Gasteiger partial charge in [-0.25, -0.2) is 4.79 Å². The number of fused-ring (bicyclic) bond motifs is 1. The number of aliphatic carboxylic acids is 1. The molecule has 2 rings (SSSR count). The molecule has 1 atom stereocenters. The molecule has 21 heavy (non-hydrogen) atoms. The molecule has 1 N–H and O–H groups in total. The highest BCUT2D eigenvalue weighted by Gasteiger charge is 2.48. The summed E-state index contributed by atoms with van der Waals surface area (Å²) in [5.41, 5.74) is 0.00850. The highest BCUT2D eigenvalue weighted by molar-refractivity contribution is 6.31. The minimum atomic E-state index is -4.81. The molecule has 0 unspecified atom stereocenters. The van der Waals surface area contributed by atoms with Crippen LogP contribution in [0.5, 0.6) is 5.75 Å². The minimum Gasteiger partial charge on any atom is -0.478 e. The smallest absolute Gasteiger partial charge is 0.430 e. The lowest BCUT2D eigenvalue weighted by atomic mass is 9.96. The van der Waals surface area contributed by atoms with Crippen LogP contribution < -0.4 is 4.74 Å². The molecule has 0 radical (unpaired) electrons. The van der Waals surface area contributed by atoms with E-state index in [4.69, 9.17) is 21.4 Å². The second-order valence-electron chi connectivity index (χ2n) is 5.01. The van der Waals surface area contributed by atoms with Gasteiger partial charge >= 0.3 is 12.1 Å². The molecule has 1 aromatic rings. The molecule has 0 saturated carbocycles. The minimum absolute atomic E-state index is 0.000544. The molecule has 0 amide bonds. The van der Waals surface area contributed by atoms with Crippen LogP contribution in [0.15, 0.2) is 17.7 Å². The molecular formula is C14H12ClF3O3. The Bertz CT molecular complexity index is 621. The van der Waals surface area contributed by atoms with E-state index in [-0.39, 0.29) is 17.2 Å². The van der Waals surface area contributed by atoms with Crippen LogP contribution in [0.25, 0.3) is 6.08 Å². The van der Waals surface area contributed by atoms with E-state index in [1.165, 1.54) is 12.1 Å². The molecular weight excluding hydrogens is 309 g/mol. The molecule has 1 aliphatic rings. The third-order valence-electron chi connectivity index (χ3n) is 3.13. The zero-order valence-corrected chi connectivity index (χ0v) is 11.9. The van der Waals surface area contributed by atoms with E-state index in [1.807, 2.05) is 13.8 Å². The Kier molecular flexibility index (Phi) is 3.93. The Balaban J connectivity index is 2.58. The van der Waals surface area contributed by atoms with Gasteiger partial charge in [0.15, 0.2) is 0 Å². The Hall–Kier alpha value is -1.69. The lowest BCUT2D eigenvalue weighted by molar-refractivity contribution is -0.187. The number of halogens is 4. The molecule has 0 bridgehead atoms. The Morgan fingerprint density at radius 3 is 2.48 bits per heavy atom. The number of carboxylic acids is 1. The predicted molar refractivity (Wildman–Crippen MR) is 71.6 cm³/mol. The maximum Gasteiger partial charge on any atom is 0.430 e. The summed E-state index contributed by atoms with van der Waals surface area (Å²) in [7, 11) is 0. The summed E-state index contributed by atoms with van der Waals surface area (Å²) in [5, 5.41) is 9.29. The first kappa shape index (κ1) is 15.7. The summed E-state index contributed by atoms with van der Waals surface area (Å²) in [5.74, 6) is -1.69. The number of benzene rings is 1. The van der Waals surface area contributed by atoms with Gasteiger partial charge in [0, 0.05) is 10.6 Å². The summed E-state index contributed by atoms with van der Waals surface area (Å²) in [6.45, 7) is 3.69. The average molecular weight is 321 g/mol. The van der Waals surface area contributed by atoms with Crippen LogP contribution in [0.2, 0.25) is 5.02 Å². The van der Waals surface area contributed by atoms with Crippen molar-refractivity contribution in [3.63, 3.8) is 0 Å². The van der Waals surface area contributed by atoms with Gasteiger partial charge in [-0.2, -0.15) is 13.2 Å². The normalized spacial score (nSPS) is 18.0. The van der Waals surface area contributed by atoms with E-state index >= 15 is 0 Å². The van der Waals surface area contributed by atoms with Gasteiger partial charge in [-0.1, -0.05) is 25.4 Å². The Labute approximate surface area is 124 Å². The first-order valence-corrected chi connectivity index (χ1v) is 6.50. The van der Waals surface area contributed by atoms with Gasteiger partial charge in [-0.05, 0) is 29.7 Å². The van der Waals surface area contributed by atoms with Crippen LogP contribution in [-0.2, 0) is 4.79 Å². The number of hydrogen-bond acceptors (Lipinski definition) is 2. The number of ether oxygens (including phenoxy) is 1. The monoisotopic (exact) mass is 320 g/mol. The predicted octanol–water partition coefficient (Wildman–Crippen LogP) is 4.25. The second-order valence-corrected chi connectivity index (χ2v) is 5.42. The second kappa shape index (κ2) is 5.26. The van der Waals surface area contributed by atoms with E-state index in [0.29, 0.717) is 10.6 Å². The third-order valence-corrected chi connectivity index (χ3v) is 3.46. The molecule has 0 fully saturated rings. The standard InChI is InChI=1S/C14H12ClF3O3/c1-6(2)8-5-11-7(4-10(8)15)3-9(13(19)20)12(21-11)14(16,17)18/h3-6,12H,1-2H3,(H,19,20)/t12-/m1/s1. The van der Waals surface area contributed by atoms with E-state index in [2.05, 4.69) is 0 Å². The topological polar surface area (TPSA) is 46.5 Å². The van der Waals surface area contributed by atoms with Crippen molar-refractivity contribution in [2.45, 2.75) is 32.0 Å². The Morgan fingerprint density at radius 1 is 1.38 bits per heavy atom. The molecule has 0 aromatic heterocycles. The fourth-order valence-electron chi connectivity index (χ4n) is 2.09. The molecule has 1 heterocycles. The van der Waals surface area contributed by atoms with E-state index in [1.54, 1.807) is 0 Å². The lowest BCUT2D eigenvalue weighted by Crippen LogP contribution is -2.40. The van der Waals surface area contributed by atoms with E-state index < -0.39 is 23.8 Å². The summed E-state index contributed by atoms with van der Waals surface area (Å²) in [6, 6.07) is 2.85. The van der Waals surface area contributed by atoms with Crippen molar-refractivity contribution in [3.05, 3.63) is 33.9 Å². The molecule has 1 aromatic carbocycles.